The lowest BCUT2D eigenvalue weighted by molar-refractivity contribution is 0.203. The van der Waals surface area contributed by atoms with Crippen LogP contribution in [-0.4, -0.2) is 45.0 Å². The van der Waals surface area contributed by atoms with Gasteiger partial charge in [0.05, 0.1) is 4.70 Å². The van der Waals surface area contributed by atoms with Crippen molar-refractivity contribution in [2.45, 2.75) is 12.5 Å². The van der Waals surface area contributed by atoms with Gasteiger partial charge in [0.15, 0.2) is 0 Å². The first kappa shape index (κ1) is 17.9. The van der Waals surface area contributed by atoms with Gasteiger partial charge in [-0.2, -0.15) is 4.37 Å². The zero-order chi connectivity index (χ0) is 18.8. The van der Waals surface area contributed by atoms with Crippen LogP contribution in [0.3, 0.4) is 0 Å². The molecule has 0 saturated carbocycles. The van der Waals surface area contributed by atoms with Gasteiger partial charge < -0.3 is 5.32 Å². The number of benzene rings is 2. The number of rotatable bonds is 5. The largest absolute Gasteiger partial charge is 0.308 e. The molecule has 0 spiro atoms. The number of hydrogen-bond acceptors (Lipinski definition) is 7. The van der Waals surface area contributed by atoms with Crippen molar-refractivity contribution >= 4 is 33.2 Å². The Labute approximate surface area is 172 Å². The SMILES string of the molecule is c1cc(C2CN(CCc3ccc(-c4csnn4)cc3)CCN2)c2cnsc2c1. The second-order valence-corrected chi connectivity index (χ2v) is 8.57. The monoisotopic (exact) mass is 407 g/mol. The minimum Gasteiger partial charge on any atom is -0.308 e. The van der Waals surface area contributed by atoms with Crippen molar-refractivity contribution in [3.63, 3.8) is 0 Å². The van der Waals surface area contributed by atoms with E-state index in [1.807, 2.05) is 11.6 Å². The van der Waals surface area contributed by atoms with Crippen LogP contribution in [0.1, 0.15) is 17.2 Å². The van der Waals surface area contributed by atoms with Crippen molar-refractivity contribution in [1.82, 2.24) is 24.2 Å². The zero-order valence-corrected chi connectivity index (χ0v) is 17.0. The molecular weight excluding hydrogens is 386 g/mol. The van der Waals surface area contributed by atoms with Crippen molar-refractivity contribution in [2.75, 3.05) is 26.2 Å². The Bertz CT molecular complexity index is 1040. The molecule has 1 atom stereocenters. The summed E-state index contributed by atoms with van der Waals surface area (Å²) in [5.74, 6) is 0. The Hall–Kier alpha value is -2.19. The smallest absolute Gasteiger partial charge is 0.105 e. The van der Waals surface area contributed by atoms with E-state index in [9.17, 15) is 0 Å². The molecule has 2 aromatic heterocycles. The van der Waals surface area contributed by atoms with Gasteiger partial charge in [-0.15, -0.1) is 5.10 Å². The van der Waals surface area contributed by atoms with Crippen LogP contribution in [0, 0.1) is 0 Å². The standard InChI is InChI=1S/C21H21N5S2/c1-2-17(18-12-23-28-21(18)3-1)19-13-26(11-9-22-19)10-8-15-4-6-16(7-5-15)20-14-27-25-24-20/h1-7,12,14,19,22H,8-11,13H2. The molecule has 1 unspecified atom stereocenters. The van der Waals surface area contributed by atoms with Crippen LogP contribution in [0.15, 0.2) is 54.0 Å². The van der Waals surface area contributed by atoms with Gasteiger partial charge in [-0.25, -0.2) is 0 Å². The second-order valence-electron chi connectivity index (χ2n) is 7.13. The van der Waals surface area contributed by atoms with E-state index >= 15 is 0 Å². The minimum atomic E-state index is 0.369. The van der Waals surface area contributed by atoms with Crippen molar-refractivity contribution in [2.24, 2.45) is 0 Å². The van der Waals surface area contributed by atoms with Gasteiger partial charge in [0, 0.05) is 54.7 Å². The maximum atomic E-state index is 4.37. The lowest BCUT2D eigenvalue weighted by Gasteiger charge is -2.34. The van der Waals surface area contributed by atoms with E-state index in [0.717, 1.165) is 43.9 Å². The molecule has 1 fully saturated rings. The third-order valence-corrected chi connectivity index (χ3v) is 6.66. The Balaban J connectivity index is 1.23. The lowest BCUT2D eigenvalue weighted by atomic mass is 10.0. The summed E-state index contributed by atoms with van der Waals surface area (Å²) in [5, 5.41) is 11.1. The molecule has 142 valence electrons. The summed E-state index contributed by atoms with van der Waals surface area (Å²) in [6.45, 7) is 4.23. The molecule has 4 aromatic rings. The predicted octanol–water partition coefficient (Wildman–Crippen LogP) is 4.00. The molecule has 1 aliphatic rings. The molecular formula is C21H21N5S2. The molecule has 1 N–H and O–H groups in total. The average Bonchev–Trinajstić information content (AvgIpc) is 3.44. The Kier molecular flexibility index (Phi) is 5.14. The Morgan fingerprint density at radius 1 is 1.14 bits per heavy atom. The summed E-state index contributed by atoms with van der Waals surface area (Å²) in [6.07, 6.45) is 3.07. The number of piperazine rings is 1. The fourth-order valence-corrected chi connectivity index (χ4v) is 5.01. The third-order valence-electron chi connectivity index (χ3n) is 5.39. The van der Waals surface area contributed by atoms with Gasteiger partial charge >= 0.3 is 0 Å². The normalized spacial score (nSPS) is 17.9. The van der Waals surface area contributed by atoms with Gasteiger partial charge in [0.2, 0.25) is 0 Å². The van der Waals surface area contributed by atoms with E-state index in [4.69, 9.17) is 0 Å². The Morgan fingerprint density at radius 2 is 2.07 bits per heavy atom. The molecule has 0 amide bonds. The molecule has 0 radical (unpaired) electrons. The van der Waals surface area contributed by atoms with Crippen molar-refractivity contribution in [3.05, 3.63) is 65.2 Å². The fourth-order valence-electron chi connectivity index (χ4n) is 3.86. The summed E-state index contributed by atoms with van der Waals surface area (Å²) < 4.78 is 9.58. The number of aromatic nitrogens is 3. The van der Waals surface area contributed by atoms with Crippen molar-refractivity contribution in [3.8, 4) is 11.3 Å². The number of fused-ring (bicyclic) bond motifs is 1. The first-order chi connectivity index (χ1) is 13.9. The van der Waals surface area contributed by atoms with Crippen LogP contribution in [0.4, 0.5) is 0 Å². The van der Waals surface area contributed by atoms with E-state index in [0.29, 0.717) is 6.04 Å². The highest BCUT2D eigenvalue weighted by Crippen LogP contribution is 2.28. The molecule has 2 aromatic carbocycles. The number of hydrogen-bond donors (Lipinski definition) is 1. The van der Waals surface area contributed by atoms with Gasteiger partial charge in [0.1, 0.15) is 5.69 Å². The Morgan fingerprint density at radius 3 is 2.93 bits per heavy atom. The maximum Gasteiger partial charge on any atom is 0.105 e. The molecule has 5 rings (SSSR count). The van der Waals surface area contributed by atoms with Crippen LogP contribution >= 0.6 is 23.1 Å². The zero-order valence-electron chi connectivity index (χ0n) is 15.4. The highest BCUT2D eigenvalue weighted by atomic mass is 32.1. The molecule has 7 heteroatoms. The van der Waals surface area contributed by atoms with Gasteiger partial charge in [-0.3, -0.25) is 4.90 Å². The molecule has 1 saturated heterocycles. The van der Waals surface area contributed by atoms with Crippen LogP contribution in [0.5, 0.6) is 0 Å². The summed E-state index contributed by atoms with van der Waals surface area (Å²) in [5.41, 5.74) is 4.83. The molecule has 5 nitrogen and oxygen atoms in total. The molecule has 3 heterocycles. The van der Waals surface area contributed by atoms with Crippen LogP contribution in [0.2, 0.25) is 0 Å². The number of nitrogens with zero attached hydrogens (tertiary/aromatic N) is 4. The first-order valence-corrected chi connectivity index (χ1v) is 11.1. The lowest BCUT2D eigenvalue weighted by Crippen LogP contribution is -2.46. The number of nitrogens with one attached hydrogen (secondary N) is 1. The molecule has 0 aliphatic carbocycles. The third kappa shape index (κ3) is 3.71. The van der Waals surface area contributed by atoms with Gasteiger partial charge in [-0.05, 0) is 46.7 Å². The van der Waals surface area contributed by atoms with E-state index in [-0.39, 0.29) is 0 Å². The van der Waals surface area contributed by atoms with Crippen molar-refractivity contribution < 1.29 is 0 Å². The molecule has 1 aliphatic heterocycles. The summed E-state index contributed by atoms with van der Waals surface area (Å²) in [6, 6.07) is 15.6. The summed E-state index contributed by atoms with van der Waals surface area (Å²) >= 11 is 2.96. The van der Waals surface area contributed by atoms with E-state index in [2.05, 4.69) is 66.6 Å². The van der Waals surface area contributed by atoms with Gasteiger partial charge in [-0.1, -0.05) is 40.9 Å². The van der Waals surface area contributed by atoms with Crippen LogP contribution in [0.25, 0.3) is 21.3 Å². The van der Waals surface area contributed by atoms with E-state index in [1.54, 1.807) is 11.5 Å². The fraction of sp³-hybridized carbons (Fsp3) is 0.286. The second kappa shape index (κ2) is 8.05. The topological polar surface area (TPSA) is 53.9 Å². The van der Waals surface area contributed by atoms with E-state index < -0.39 is 0 Å². The predicted molar refractivity (Wildman–Crippen MR) is 116 cm³/mol. The van der Waals surface area contributed by atoms with Gasteiger partial charge in [0.25, 0.3) is 0 Å². The summed E-state index contributed by atoms with van der Waals surface area (Å²) in [4.78, 5) is 2.57. The highest BCUT2D eigenvalue weighted by molar-refractivity contribution is 7.13. The maximum absolute atomic E-state index is 4.37. The highest BCUT2D eigenvalue weighted by Gasteiger charge is 2.22. The molecule has 28 heavy (non-hydrogen) atoms. The molecule has 0 bridgehead atoms. The van der Waals surface area contributed by atoms with E-state index in [1.165, 1.54) is 32.7 Å². The average molecular weight is 408 g/mol. The van der Waals surface area contributed by atoms with Crippen LogP contribution in [-0.2, 0) is 6.42 Å². The van der Waals surface area contributed by atoms with Crippen LogP contribution < -0.4 is 5.32 Å². The summed E-state index contributed by atoms with van der Waals surface area (Å²) in [7, 11) is 0. The van der Waals surface area contributed by atoms with Crippen molar-refractivity contribution in [1.29, 1.82) is 0 Å². The minimum absolute atomic E-state index is 0.369. The first-order valence-electron chi connectivity index (χ1n) is 9.52. The quantitative estimate of drug-likeness (QED) is 0.542.